The smallest absolute Gasteiger partial charge is 0.143 e. The third-order valence-electron chi connectivity index (χ3n) is 13.6. The van der Waals surface area contributed by atoms with Crippen LogP contribution in [0.4, 0.5) is 0 Å². The zero-order chi connectivity index (χ0) is 42.1. The second kappa shape index (κ2) is 14.7. The Morgan fingerprint density at radius 2 is 0.857 bits per heavy atom. The SMILES string of the molecule is CC1(C)c2cc(-c3cccc4c3oc3ccccc34)ccc2-c2ccc(C(c3ccc(-c4cccc(-c5ccccc5)c4)cc3)c3ccc(-c4cccc5ccccc45)cc3)cc21. The van der Waals surface area contributed by atoms with Crippen LogP contribution in [0.1, 0.15) is 47.6 Å². The molecule has 1 nitrogen and oxygen atoms in total. The van der Waals surface area contributed by atoms with E-state index >= 15 is 0 Å². The monoisotopic (exact) mass is 804 g/mol. The first kappa shape index (κ1) is 37.1. The lowest BCUT2D eigenvalue weighted by molar-refractivity contribution is 0.658. The van der Waals surface area contributed by atoms with Crippen molar-refractivity contribution in [2.24, 2.45) is 0 Å². The molecule has 1 aliphatic carbocycles. The van der Waals surface area contributed by atoms with Crippen LogP contribution in [0.25, 0.3) is 88.3 Å². The Kier molecular flexibility index (Phi) is 8.66. The van der Waals surface area contributed by atoms with Crippen molar-refractivity contribution in [3.05, 3.63) is 252 Å². The first-order valence-electron chi connectivity index (χ1n) is 22.0. The molecule has 1 heterocycles. The van der Waals surface area contributed by atoms with Gasteiger partial charge in [-0.25, -0.2) is 0 Å². The molecule has 0 saturated heterocycles. The van der Waals surface area contributed by atoms with Gasteiger partial charge < -0.3 is 4.42 Å². The van der Waals surface area contributed by atoms with E-state index in [0.717, 1.165) is 27.5 Å². The van der Waals surface area contributed by atoms with Gasteiger partial charge in [-0.2, -0.15) is 0 Å². The van der Waals surface area contributed by atoms with E-state index in [2.05, 4.69) is 232 Å². The average Bonchev–Trinajstić information content (AvgIpc) is 3.83. The van der Waals surface area contributed by atoms with Gasteiger partial charge >= 0.3 is 0 Å². The van der Waals surface area contributed by atoms with E-state index in [9.17, 15) is 0 Å². The summed E-state index contributed by atoms with van der Waals surface area (Å²) in [5, 5.41) is 4.84. The highest BCUT2D eigenvalue weighted by Crippen LogP contribution is 2.51. The van der Waals surface area contributed by atoms with E-state index in [1.807, 2.05) is 6.07 Å². The van der Waals surface area contributed by atoms with Gasteiger partial charge in [0.05, 0.1) is 0 Å². The predicted octanol–water partition coefficient (Wildman–Crippen LogP) is 16.9. The van der Waals surface area contributed by atoms with Gasteiger partial charge in [0.15, 0.2) is 0 Å². The minimum atomic E-state index is -0.213. The highest BCUT2D eigenvalue weighted by molar-refractivity contribution is 6.09. The number of fused-ring (bicyclic) bond motifs is 7. The number of para-hydroxylation sites is 2. The first-order chi connectivity index (χ1) is 31.0. The van der Waals surface area contributed by atoms with Gasteiger partial charge in [-0.05, 0) is 107 Å². The van der Waals surface area contributed by atoms with Crippen molar-refractivity contribution in [1.29, 1.82) is 0 Å². The van der Waals surface area contributed by atoms with E-state index < -0.39 is 0 Å². The molecule has 0 aliphatic heterocycles. The van der Waals surface area contributed by atoms with Crippen LogP contribution in [0.3, 0.4) is 0 Å². The molecule has 1 aromatic heterocycles. The molecule has 63 heavy (non-hydrogen) atoms. The van der Waals surface area contributed by atoms with Crippen molar-refractivity contribution in [2.45, 2.75) is 25.2 Å². The number of hydrogen-bond donors (Lipinski definition) is 0. The summed E-state index contributed by atoms with van der Waals surface area (Å²) in [6.07, 6.45) is 0. The second-order valence-corrected chi connectivity index (χ2v) is 17.6. The van der Waals surface area contributed by atoms with Crippen molar-refractivity contribution < 1.29 is 4.42 Å². The van der Waals surface area contributed by atoms with Gasteiger partial charge in [0.1, 0.15) is 11.2 Å². The van der Waals surface area contributed by atoms with Crippen LogP contribution in [0.5, 0.6) is 0 Å². The fourth-order valence-electron chi connectivity index (χ4n) is 10.4. The first-order valence-corrected chi connectivity index (χ1v) is 22.0. The van der Waals surface area contributed by atoms with Crippen molar-refractivity contribution in [1.82, 2.24) is 0 Å². The molecule has 0 bridgehead atoms. The van der Waals surface area contributed by atoms with Crippen molar-refractivity contribution in [3.8, 4) is 55.6 Å². The summed E-state index contributed by atoms with van der Waals surface area (Å²) in [6.45, 7) is 4.78. The van der Waals surface area contributed by atoms with Gasteiger partial charge in [0.25, 0.3) is 0 Å². The summed E-state index contributed by atoms with van der Waals surface area (Å²) in [6, 6.07) is 82.5. The van der Waals surface area contributed by atoms with Crippen LogP contribution in [-0.2, 0) is 5.41 Å². The van der Waals surface area contributed by atoms with E-state index in [1.54, 1.807) is 0 Å². The Hall–Kier alpha value is -7.74. The summed E-state index contributed by atoms with van der Waals surface area (Å²) in [7, 11) is 0. The standard InChI is InChI=1S/C62H44O/c1-62(2)57-38-48(52-22-12-23-56-55-20-8-9-24-59(55)63-61(52)56)33-35-53(57)54-36-34-49(39-58(54)62)60(45-31-27-43(28-32-45)51-21-11-16-42-15-6-7-19-50(42)51)44-29-25-41(26-30-44)47-18-10-17-46(37-47)40-13-4-3-5-14-40/h3-39,60H,1-2H3. The Morgan fingerprint density at radius 3 is 1.63 bits per heavy atom. The largest absolute Gasteiger partial charge is 0.455 e. The zero-order valence-electron chi connectivity index (χ0n) is 35.3. The number of benzene rings is 10. The Labute approximate surface area is 368 Å². The lowest BCUT2D eigenvalue weighted by atomic mass is 9.78. The molecule has 0 fully saturated rings. The minimum Gasteiger partial charge on any atom is -0.455 e. The van der Waals surface area contributed by atoms with Crippen LogP contribution >= 0.6 is 0 Å². The summed E-state index contributed by atoms with van der Waals surface area (Å²) >= 11 is 0. The van der Waals surface area contributed by atoms with Crippen LogP contribution in [-0.4, -0.2) is 0 Å². The lowest BCUT2D eigenvalue weighted by Crippen LogP contribution is -2.16. The number of rotatable bonds is 7. The van der Waals surface area contributed by atoms with Gasteiger partial charge in [-0.1, -0.05) is 220 Å². The van der Waals surface area contributed by atoms with Crippen LogP contribution < -0.4 is 0 Å². The molecule has 0 amide bonds. The Bertz CT molecular complexity index is 3510. The van der Waals surface area contributed by atoms with Crippen LogP contribution in [0.15, 0.2) is 229 Å². The van der Waals surface area contributed by atoms with Crippen molar-refractivity contribution in [3.63, 3.8) is 0 Å². The summed E-state index contributed by atoms with van der Waals surface area (Å²) in [5.41, 5.74) is 20.5. The summed E-state index contributed by atoms with van der Waals surface area (Å²) < 4.78 is 6.50. The van der Waals surface area contributed by atoms with Gasteiger partial charge in [0, 0.05) is 27.7 Å². The van der Waals surface area contributed by atoms with E-state index in [1.165, 1.54) is 88.7 Å². The van der Waals surface area contributed by atoms with Gasteiger partial charge in [0.2, 0.25) is 0 Å². The maximum atomic E-state index is 6.50. The van der Waals surface area contributed by atoms with E-state index in [4.69, 9.17) is 4.42 Å². The predicted molar refractivity (Wildman–Crippen MR) is 264 cm³/mol. The maximum Gasteiger partial charge on any atom is 0.143 e. The normalized spacial score (nSPS) is 13.3. The Morgan fingerprint density at radius 1 is 0.333 bits per heavy atom. The fraction of sp³-hybridized carbons (Fsp3) is 0.0645. The third kappa shape index (κ3) is 6.23. The molecule has 0 N–H and O–H groups in total. The lowest BCUT2D eigenvalue weighted by Gasteiger charge is -2.25. The molecule has 1 aliphatic rings. The third-order valence-corrected chi connectivity index (χ3v) is 13.6. The van der Waals surface area contributed by atoms with Gasteiger partial charge in [-0.3, -0.25) is 0 Å². The quantitative estimate of drug-likeness (QED) is 0.146. The molecule has 0 spiro atoms. The molecule has 1 unspecified atom stereocenters. The molecule has 0 radical (unpaired) electrons. The molecule has 10 aromatic carbocycles. The highest BCUT2D eigenvalue weighted by atomic mass is 16.3. The molecular weight excluding hydrogens is 761 g/mol. The average molecular weight is 805 g/mol. The maximum absolute atomic E-state index is 6.50. The van der Waals surface area contributed by atoms with Crippen LogP contribution in [0.2, 0.25) is 0 Å². The Balaban J connectivity index is 0.944. The van der Waals surface area contributed by atoms with Crippen molar-refractivity contribution >= 4 is 32.7 Å². The number of furan rings is 1. The van der Waals surface area contributed by atoms with E-state index in [0.29, 0.717) is 0 Å². The van der Waals surface area contributed by atoms with E-state index in [-0.39, 0.29) is 11.3 Å². The molecule has 298 valence electrons. The zero-order valence-corrected chi connectivity index (χ0v) is 35.3. The van der Waals surface area contributed by atoms with Crippen LogP contribution in [0, 0.1) is 0 Å². The summed E-state index contributed by atoms with van der Waals surface area (Å²) in [5.74, 6) is 0.0299. The molecule has 12 rings (SSSR count). The topological polar surface area (TPSA) is 13.1 Å². The molecule has 1 heteroatoms. The fourth-order valence-corrected chi connectivity index (χ4v) is 10.4. The van der Waals surface area contributed by atoms with Gasteiger partial charge in [-0.15, -0.1) is 0 Å². The number of hydrogen-bond acceptors (Lipinski definition) is 1. The molecule has 11 aromatic rings. The van der Waals surface area contributed by atoms with Crippen molar-refractivity contribution in [2.75, 3.05) is 0 Å². The molecule has 1 atom stereocenters. The second-order valence-electron chi connectivity index (χ2n) is 17.6. The highest BCUT2D eigenvalue weighted by Gasteiger charge is 2.36. The summed E-state index contributed by atoms with van der Waals surface area (Å²) in [4.78, 5) is 0. The molecule has 0 saturated carbocycles. The minimum absolute atomic E-state index is 0.0299. The molecular formula is C62H44O.